The van der Waals surface area contributed by atoms with Crippen molar-refractivity contribution in [3.63, 3.8) is 0 Å². The number of hydrogen-bond acceptors (Lipinski definition) is 2. The molecule has 3 atom stereocenters. The Labute approximate surface area is 143 Å². The smallest absolute Gasteiger partial charge is 0.129 e. The highest BCUT2D eigenvalue weighted by molar-refractivity contribution is 8.19. The number of rotatable bonds is 1. The fourth-order valence-corrected chi connectivity index (χ4v) is 6.92. The normalized spacial score (nSPS) is 29.7. The summed E-state index contributed by atoms with van der Waals surface area (Å²) in [6.45, 7) is 11.1. The predicted octanol–water partition coefficient (Wildman–Crippen LogP) is 5.49. The van der Waals surface area contributed by atoms with Gasteiger partial charge in [-0.05, 0) is 58.4 Å². The lowest BCUT2D eigenvalue weighted by atomic mass is 9.96. The zero-order valence-electron chi connectivity index (χ0n) is 14.3. The molecule has 0 aromatic heterocycles. The molecule has 1 aromatic rings. The lowest BCUT2D eigenvalue weighted by Gasteiger charge is -2.32. The Morgan fingerprint density at radius 3 is 2.23 bits per heavy atom. The summed E-state index contributed by atoms with van der Waals surface area (Å²) >= 11 is 4.02. The van der Waals surface area contributed by atoms with Crippen LogP contribution in [0.1, 0.15) is 42.5 Å². The van der Waals surface area contributed by atoms with Crippen molar-refractivity contribution in [2.24, 2.45) is 5.92 Å². The fourth-order valence-electron chi connectivity index (χ4n) is 3.85. The zero-order valence-corrected chi connectivity index (χ0v) is 16.0. The van der Waals surface area contributed by atoms with Crippen LogP contribution in [0.2, 0.25) is 0 Å². The molecule has 0 saturated carbocycles. The van der Waals surface area contributed by atoms with E-state index < -0.39 is 0 Å². The van der Waals surface area contributed by atoms with Crippen molar-refractivity contribution < 1.29 is 0 Å². The van der Waals surface area contributed by atoms with E-state index in [2.05, 4.69) is 76.6 Å². The van der Waals surface area contributed by atoms with E-state index in [4.69, 9.17) is 0 Å². The van der Waals surface area contributed by atoms with Gasteiger partial charge < -0.3 is 0 Å². The van der Waals surface area contributed by atoms with Gasteiger partial charge in [-0.2, -0.15) is 0 Å². The average molecular weight is 329 g/mol. The Morgan fingerprint density at radius 2 is 1.73 bits per heavy atom. The molecule has 2 aliphatic rings. The van der Waals surface area contributed by atoms with Crippen LogP contribution in [0, 0.1) is 38.5 Å². The van der Waals surface area contributed by atoms with Crippen LogP contribution in [0.4, 0.5) is 0 Å². The predicted molar refractivity (Wildman–Crippen MR) is 102 cm³/mol. The van der Waals surface area contributed by atoms with Crippen molar-refractivity contribution in [1.82, 2.24) is 0 Å². The molecule has 2 heteroatoms. The number of fused-ring (bicyclic) bond motifs is 2. The van der Waals surface area contributed by atoms with Crippen molar-refractivity contribution in [3.05, 3.63) is 45.5 Å². The molecule has 1 fully saturated rings. The summed E-state index contributed by atoms with van der Waals surface area (Å²) in [5, 5.41) is 0.687. The van der Waals surface area contributed by atoms with Gasteiger partial charge in [0, 0.05) is 16.7 Å². The molecule has 1 heterocycles. The fraction of sp³-hybridized carbons (Fsp3) is 0.500. The number of hydrogen-bond donors (Lipinski definition) is 0. The van der Waals surface area contributed by atoms with E-state index in [0.29, 0.717) is 11.2 Å². The summed E-state index contributed by atoms with van der Waals surface area (Å²) in [5.41, 5.74) is 8.34. The van der Waals surface area contributed by atoms with E-state index in [0.717, 1.165) is 0 Å². The SMILES string of the molecule is CSC1(C#Cc2c(C)cc(C)cc2C)SC2CC1C(C)=C2C. The lowest BCUT2D eigenvalue weighted by Crippen LogP contribution is -2.27. The number of aryl methyl sites for hydroxylation is 3. The Kier molecular flexibility index (Phi) is 4.16. The number of allylic oxidation sites excluding steroid dienone is 1. The summed E-state index contributed by atoms with van der Waals surface area (Å²) in [6, 6.07) is 4.48. The summed E-state index contributed by atoms with van der Waals surface area (Å²) in [4.78, 5) is 0. The quantitative estimate of drug-likeness (QED) is 0.493. The van der Waals surface area contributed by atoms with Crippen LogP contribution in [-0.2, 0) is 0 Å². The number of benzene rings is 1. The maximum absolute atomic E-state index is 3.69. The highest BCUT2D eigenvalue weighted by Gasteiger charge is 2.52. The largest absolute Gasteiger partial charge is 0.134 e. The first kappa shape index (κ1) is 16.1. The maximum atomic E-state index is 3.69. The molecule has 1 saturated heterocycles. The van der Waals surface area contributed by atoms with Gasteiger partial charge in [-0.25, -0.2) is 0 Å². The molecule has 1 aliphatic carbocycles. The molecule has 0 radical (unpaired) electrons. The minimum Gasteiger partial charge on any atom is -0.134 e. The Morgan fingerprint density at radius 1 is 1.09 bits per heavy atom. The first-order valence-corrected chi connectivity index (χ1v) is 9.99. The zero-order chi connectivity index (χ0) is 16.1. The third-order valence-electron chi connectivity index (χ3n) is 5.20. The molecule has 116 valence electrons. The van der Waals surface area contributed by atoms with Crippen molar-refractivity contribution >= 4 is 23.5 Å². The van der Waals surface area contributed by atoms with Crippen molar-refractivity contribution in [2.45, 2.75) is 50.4 Å². The van der Waals surface area contributed by atoms with E-state index in [9.17, 15) is 0 Å². The molecule has 0 amide bonds. The number of thioether (sulfide) groups is 2. The summed E-state index contributed by atoms with van der Waals surface area (Å²) in [6.07, 6.45) is 3.50. The molecule has 3 rings (SSSR count). The molecular formula is C20H24S2. The summed E-state index contributed by atoms with van der Waals surface area (Å²) in [7, 11) is 0. The van der Waals surface area contributed by atoms with Gasteiger partial charge >= 0.3 is 0 Å². The van der Waals surface area contributed by atoms with E-state index in [1.165, 1.54) is 28.7 Å². The van der Waals surface area contributed by atoms with Crippen LogP contribution in [0.15, 0.2) is 23.3 Å². The topological polar surface area (TPSA) is 0 Å². The lowest BCUT2D eigenvalue weighted by molar-refractivity contribution is 0.646. The van der Waals surface area contributed by atoms with Gasteiger partial charge in [0.05, 0.1) is 0 Å². The standard InChI is InChI=1S/C20H24S2/c1-12-9-13(2)17(14(3)10-12)7-8-20(21-6)18-11-19(22-20)16(5)15(18)4/h9-10,18-19H,11H2,1-6H3. The Bertz CT molecular complexity index is 694. The molecular weight excluding hydrogens is 304 g/mol. The summed E-state index contributed by atoms with van der Waals surface area (Å²) < 4.78 is 0.0536. The monoisotopic (exact) mass is 328 g/mol. The molecule has 3 unspecified atom stereocenters. The summed E-state index contributed by atoms with van der Waals surface area (Å²) in [5.74, 6) is 7.86. The van der Waals surface area contributed by atoms with Crippen LogP contribution in [-0.4, -0.2) is 15.6 Å². The van der Waals surface area contributed by atoms with Crippen LogP contribution >= 0.6 is 23.5 Å². The van der Waals surface area contributed by atoms with E-state index in [-0.39, 0.29) is 4.08 Å². The van der Waals surface area contributed by atoms with Gasteiger partial charge in [0.15, 0.2) is 0 Å². The highest BCUT2D eigenvalue weighted by atomic mass is 32.2. The van der Waals surface area contributed by atoms with Crippen LogP contribution in [0.3, 0.4) is 0 Å². The van der Waals surface area contributed by atoms with Crippen LogP contribution < -0.4 is 0 Å². The van der Waals surface area contributed by atoms with Gasteiger partial charge in [-0.15, -0.1) is 23.5 Å². The van der Waals surface area contributed by atoms with Gasteiger partial charge in [0.25, 0.3) is 0 Å². The van der Waals surface area contributed by atoms with Crippen LogP contribution in [0.25, 0.3) is 0 Å². The molecule has 0 nitrogen and oxygen atoms in total. The second kappa shape index (κ2) is 5.69. The van der Waals surface area contributed by atoms with Gasteiger partial charge in [-0.1, -0.05) is 40.7 Å². The van der Waals surface area contributed by atoms with E-state index in [1.807, 2.05) is 11.8 Å². The second-order valence-electron chi connectivity index (χ2n) is 6.66. The van der Waals surface area contributed by atoms with Crippen molar-refractivity contribution in [2.75, 3.05) is 6.26 Å². The third-order valence-corrected chi connectivity index (χ3v) is 8.54. The molecule has 1 aliphatic heterocycles. The Balaban J connectivity index is 2.01. The average Bonchev–Trinajstić information content (AvgIpc) is 2.96. The van der Waals surface area contributed by atoms with Gasteiger partial charge in [-0.3, -0.25) is 0 Å². The Hall–Kier alpha value is -0.780. The van der Waals surface area contributed by atoms with Gasteiger partial charge in [0.2, 0.25) is 0 Å². The highest BCUT2D eigenvalue weighted by Crippen LogP contribution is 2.62. The first-order valence-electron chi connectivity index (χ1n) is 7.89. The van der Waals surface area contributed by atoms with E-state index >= 15 is 0 Å². The molecule has 22 heavy (non-hydrogen) atoms. The minimum absolute atomic E-state index is 0.0536. The molecule has 2 bridgehead atoms. The molecule has 1 aromatic carbocycles. The van der Waals surface area contributed by atoms with Crippen molar-refractivity contribution in [1.29, 1.82) is 0 Å². The minimum atomic E-state index is 0.0536. The molecule has 0 N–H and O–H groups in total. The maximum Gasteiger partial charge on any atom is 0.129 e. The van der Waals surface area contributed by atoms with Crippen LogP contribution in [0.5, 0.6) is 0 Å². The van der Waals surface area contributed by atoms with Crippen molar-refractivity contribution in [3.8, 4) is 11.8 Å². The van der Waals surface area contributed by atoms with E-state index in [1.54, 1.807) is 11.1 Å². The first-order chi connectivity index (χ1) is 10.4. The second-order valence-corrected chi connectivity index (χ2v) is 9.42. The van der Waals surface area contributed by atoms with Gasteiger partial charge in [0.1, 0.15) is 4.08 Å². The molecule has 0 spiro atoms. The third kappa shape index (κ3) is 2.43.